The summed E-state index contributed by atoms with van der Waals surface area (Å²) in [5.74, 6) is 0.0670. The van der Waals surface area contributed by atoms with Crippen LogP contribution in [0.2, 0.25) is 10.0 Å². The average molecular weight is 286 g/mol. The minimum absolute atomic E-state index is 0.0670. The van der Waals surface area contributed by atoms with Crippen LogP contribution >= 0.6 is 23.2 Å². The summed E-state index contributed by atoms with van der Waals surface area (Å²) in [5, 5.41) is 15.4. The Morgan fingerprint density at radius 1 is 1.39 bits per heavy atom. The molecule has 1 saturated carbocycles. The predicted octanol–water partition coefficient (Wildman–Crippen LogP) is 3.26. The predicted molar refractivity (Wildman–Crippen MR) is 71.2 cm³/mol. The molecule has 0 unspecified atom stereocenters. The van der Waals surface area contributed by atoms with Gasteiger partial charge in [0, 0.05) is 11.5 Å². The minimum atomic E-state index is -0.830. The molecule has 0 radical (unpaired) electrons. The number of aliphatic hydroxyl groups is 1. The van der Waals surface area contributed by atoms with E-state index in [0.717, 1.165) is 17.7 Å². The van der Waals surface area contributed by atoms with Crippen LogP contribution in [0.3, 0.4) is 0 Å². The molecule has 0 saturated heterocycles. The highest BCUT2D eigenvalue weighted by Gasteiger charge is 2.52. The molecular formula is C13H13Cl2NO2. The first-order chi connectivity index (χ1) is 8.50. The number of benzene rings is 1. The van der Waals surface area contributed by atoms with Crippen molar-refractivity contribution in [3.8, 4) is 0 Å². The van der Waals surface area contributed by atoms with Gasteiger partial charge in [-0.15, -0.1) is 0 Å². The van der Waals surface area contributed by atoms with Crippen LogP contribution in [0.25, 0.3) is 0 Å². The highest BCUT2D eigenvalue weighted by molar-refractivity contribution is 6.40. The summed E-state index contributed by atoms with van der Waals surface area (Å²) in [4.78, 5) is 5.39. The molecule has 1 aromatic rings. The molecule has 0 bridgehead atoms. The van der Waals surface area contributed by atoms with E-state index >= 15 is 0 Å². The van der Waals surface area contributed by atoms with Gasteiger partial charge < -0.3 is 9.94 Å². The first-order valence-electron chi connectivity index (χ1n) is 5.91. The van der Waals surface area contributed by atoms with Crippen LogP contribution in [-0.4, -0.2) is 22.5 Å². The maximum absolute atomic E-state index is 10.2. The van der Waals surface area contributed by atoms with E-state index in [9.17, 15) is 5.11 Å². The average Bonchev–Trinajstić information content (AvgIpc) is 2.82. The minimum Gasteiger partial charge on any atom is -0.388 e. The van der Waals surface area contributed by atoms with Crippen molar-refractivity contribution < 1.29 is 9.94 Å². The van der Waals surface area contributed by atoms with Gasteiger partial charge >= 0.3 is 0 Å². The first kappa shape index (κ1) is 12.3. The topological polar surface area (TPSA) is 41.8 Å². The molecular weight excluding hydrogens is 273 g/mol. The first-order valence-corrected chi connectivity index (χ1v) is 6.67. The molecule has 18 heavy (non-hydrogen) atoms. The summed E-state index contributed by atoms with van der Waals surface area (Å²) in [7, 11) is 0. The SMILES string of the molecule is C[C@]1(O)CC[C@H]2C(c3c(Cl)cccc3Cl)=NO[C@H]21. The molecule has 1 aromatic carbocycles. The van der Waals surface area contributed by atoms with E-state index in [4.69, 9.17) is 28.0 Å². The summed E-state index contributed by atoms with van der Waals surface area (Å²) >= 11 is 12.4. The fourth-order valence-electron chi connectivity index (χ4n) is 2.80. The van der Waals surface area contributed by atoms with Crippen molar-refractivity contribution in [1.82, 2.24) is 0 Å². The number of halogens is 2. The normalized spacial score (nSPS) is 34.1. The van der Waals surface area contributed by atoms with Gasteiger partial charge in [0.25, 0.3) is 0 Å². The van der Waals surface area contributed by atoms with Crippen molar-refractivity contribution in [2.45, 2.75) is 31.5 Å². The Labute approximate surface area is 115 Å². The third-order valence-electron chi connectivity index (χ3n) is 3.77. The molecule has 1 aliphatic carbocycles. The van der Waals surface area contributed by atoms with Crippen LogP contribution in [0.5, 0.6) is 0 Å². The Hall–Kier alpha value is -0.770. The van der Waals surface area contributed by atoms with E-state index in [1.165, 1.54) is 0 Å². The number of hydrogen-bond acceptors (Lipinski definition) is 3. The summed E-state index contributed by atoms with van der Waals surface area (Å²) < 4.78 is 0. The summed E-state index contributed by atoms with van der Waals surface area (Å²) in [6.45, 7) is 1.78. The summed E-state index contributed by atoms with van der Waals surface area (Å²) in [6, 6.07) is 5.37. The third-order valence-corrected chi connectivity index (χ3v) is 4.40. The van der Waals surface area contributed by atoms with Gasteiger partial charge in [-0.3, -0.25) is 0 Å². The van der Waals surface area contributed by atoms with Crippen molar-refractivity contribution in [3.05, 3.63) is 33.8 Å². The standard InChI is InChI=1S/C13H13Cl2NO2/c1-13(17)6-5-7-11(16-18-12(7)13)10-8(14)3-2-4-9(10)15/h2-4,7,12,17H,5-6H2,1H3/t7-,12+,13-/m0/s1. The monoisotopic (exact) mass is 285 g/mol. The van der Waals surface area contributed by atoms with Crippen molar-refractivity contribution in [2.24, 2.45) is 11.1 Å². The van der Waals surface area contributed by atoms with E-state index in [1.54, 1.807) is 25.1 Å². The molecule has 1 N–H and O–H groups in total. The Morgan fingerprint density at radius 2 is 2.06 bits per heavy atom. The third kappa shape index (κ3) is 1.73. The van der Waals surface area contributed by atoms with Gasteiger partial charge in [0.15, 0.2) is 6.10 Å². The van der Waals surface area contributed by atoms with Gasteiger partial charge in [0.2, 0.25) is 0 Å². The molecule has 1 heterocycles. The fourth-order valence-corrected chi connectivity index (χ4v) is 3.39. The lowest BCUT2D eigenvalue weighted by Crippen LogP contribution is -2.37. The number of nitrogens with zero attached hydrogens (tertiary/aromatic N) is 1. The molecule has 5 heteroatoms. The molecule has 3 nitrogen and oxygen atoms in total. The van der Waals surface area contributed by atoms with Gasteiger partial charge in [0.1, 0.15) is 5.60 Å². The van der Waals surface area contributed by atoms with Crippen molar-refractivity contribution in [2.75, 3.05) is 0 Å². The van der Waals surface area contributed by atoms with Crippen LogP contribution in [0.15, 0.2) is 23.4 Å². The zero-order chi connectivity index (χ0) is 12.9. The second-order valence-corrected chi connectivity index (χ2v) is 5.92. The lowest BCUT2D eigenvalue weighted by molar-refractivity contribution is -0.0737. The van der Waals surface area contributed by atoms with Gasteiger partial charge in [-0.25, -0.2) is 0 Å². The van der Waals surface area contributed by atoms with Crippen LogP contribution in [0.1, 0.15) is 25.3 Å². The van der Waals surface area contributed by atoms with Crippen LogP contribution in [0.4, 0.5) is 0 Å². The van der Waals surface area contributed by atoms with E-state index in [0.29, 0.717) is 16.5 Å². The Morgan fingerprint density at radius 3 is 2.72 bits per heavy atom. The van der Waals surface area contributed by atoms with Crippen LogP contribution < -0.4 is 0 Å². The molecule has 0 spiro atoms. The molecule has 2 aliphatic rings. The number of hydrogen-bond donors (Lipinski definition) is 1. The molecule has 0 amide bonds. The number of oxime groups is 1. The highest BCUT2D eigenvalue weighted by atomic mass is 35.5. The fraction of sp³-hybridized carbons (Fsp3) is 0.462. The van der Waals surface area contributed by atoms with Gasteiger partial charge in [-0.05, 0) is 31.9 Å². The van der Waals surface area contributed by atoms with Crippen molar-refractivity contribution in [1.29, 1.82) is 0 Å². The van der Waals surface area contributed by atoms with E-state index in [-0.39, 0.29) is 12.0 Å². The molecule has 1 aliphatic heterocycles. The molecule has 0 aromatic heterocycles. The van der Waals surface area contributed by atoms with Crippen LogP contribution in [0, 0.1) is 5.92 Å². The summed E-state index contributed by atoms with van der Waals surface area (Å²) in [6.07, 6.45) is 1.24. The number of rotatable bonds is 1. The van der Waals surface area contributed by atoms with Gasteiger partial charge in [-0.1, -0.05) is 34.4 Å². The lowest BCUT2D eigenvalue weighted by Gasteiger charge is -2.22. The number of fused-ring (bicyclic) bond motifs is 1. The van der Waals surface area contributed by atoms with Crippen LogP contribution in [-0.2, 0) is 4.84 Å². The maximum atomic E-state index is 10.2. The molecule has 96 valence electrons. The largest absolute Gasteiger partial charge is 0.388 e. The Kier molecular flexibility index (Phi) is 2.81. The smallest absolute Gasteiger partial charge is 0.164 e. The Balaban J connectivity index is 2.01. The zero-order valence-corrected chi connectivity index (χ0v) is 11.4. The highest BCUT2D eigenvalue weighted by Crippen LogP contribution is 2.44. The second kappa shape index (κ2) is 4.12. The molecule has 1 fully saturated rings. The molecule has 3 atom stereocenters. The summed E-state index contributed by atoms with van der Waals surface area (Å²) in [5.41, 5.74) is 0.656. The van der Waals surface area contributed by atoms with E-state index in [1.807, 2.05) is 0 Å². The van der Waals surface area contributed by atoms with Crippen molar-refractivity contribution >= 4 is 28.9 Å². The second-order valence-electron chi connectivity index (χ2n) is 5.10. The maximum Gasteiger partial charge on any atom is 0.164 e. The molecule has 3 rings (SSSR count). The van der Waals surface area contributed by atoms with Gasteiger partial charge in [0.05, 0.1) is 15.8 Å². The van der Waals surface area contributed by atoms with E-state index < -0.39 is 5.60 Å². The Bertz CT molecular complexity index is 507. The van der Waals surface area contributed by atoms with E-state index in [2.05, 4.69) is 5.16 Å². The quantitative estimate of drug-likeness (QED) is 0.861. The van der Waals surface area contributed by atoms with Crippen molar-refractivity contribution in [3.63, 3.8) is 0 Å². The zero-order valence-electron chi connectivity index (χ0n) is 9.86. The lowest BCUT2D eigenvalue weighted by atomic mass is 9.91. The van der Waals surface area contributed by atoms with Gasteiger partial charge in [-0.2, -0.15) is 0 Å².